The van der Waals surface area contributed by atoms with Gasteiger partial charge in [0.1, 0.15) is 11.3 Å². The van der Waals surface area contributed by atoms with Crippen molar-refractivity contribution in [1.82, 2.24) is 19.6 Å². The predicted molar refractivity (Wildman–Crippen MR) is 159 cm³/mol. The third-order valence-electron chi connectivity index (χ3n) is 6.67. The van der Waals surface area contributed by atoms with Crippen molar-refractivity contribution in [2.75, 3.05) is 4.90 Å². The monoisotopic (exact) mass is 618 g/mol. The fourth-order valence-electron chi connectivity index (χ4n) is 4.73. The lowest BCUT2D eigenvalue weighted by Gasteiger charge is -2.22. The van der Waals surface area contributed by atoms with Crippen molar-refractivity contribution in [1.29, 1.82) is 0 Å². The Morgan fingerprint density at radius 1 is 1.10 bits per heavy atom. The lowest BCUT2D eigenvalue weighted by atomic mass is 9.96. The number of ketones is 1. The number of carbonyl (C=O) groups excluding carboxylic acids is 2. The molecular weight excluding hydrogens is 600 g/mol. The number of aliphatic hydroxyl groups is 1. The molecule has 1 fully saturated rings. The number of thioether (sulfide) groups is 1. The Morgan fingerprint density at radius 3 is 2.55 bits per heavy atom. The molecule has 42 heavy (non-hydrogen) atoms. The van der Waals surface area contributed by atoms with Crippen molar-refractivity contribution in [3.05, 3.63) is 116 Å². The Morgan fingerprint density at radius 2 is 1.83 bits per heavy atom. The maximum Gasteiger partial charge on any atom is 0.301 e. The van der Waals surface area contributed by atoms with Gasteiger partial charge in [-0.2, -0.15) is 0 Å². The van der Waals surface area contributed by atoms with E-state index in [4.69, 9.17) is 11.6 Å². The molecule has 14 heteroatoms. The summed E-state index contributed by atoms with van der Waals surface area (Å²) in [5.74, 6) is -1.68. The number of halogens is 1. The first-order chi connectivity index (χ1) is 20.2. The fourth-order valence-corrected chi connectivity index (χ4v) is 6.68. The second-order valence-corrected chi connectivity index (χ2v) is 11.9. The van der Waals surface area contributed by atoms with Crippen LogP contribution in [0.3, 0.4) is 0 Å². The molecule has 6 rings (SSSR count). The summed E-state index contributed by atoms with van der Waals surface area (Å²) in [4.78, 5) is 43.5. The van der Waals surface area contributed by atoms with E-state index in [2.05, 4.69) is 15.2 Å². The molecule has 1 aliphatic rings. The minimum Gasteiger partial charge on any atom is -0.505 e. The van der Waals surface area contributed by atoms with Gasteiger partial charge in [-0.15, -0.1) is 10.2 Å². The first-order valence-electron chi connectivity index (χ1n) is 12.4. The quantitative estimate of drug-likeness (QED) is 0.0443. The van der Waals surface area contributed by atoms with Crippen molar-refractivity contribution in [2.45, 2.75) is 23.1 Å². The number of nitro benzene ring substituents is 1. The van der Waals surface area contributed by atoms with Crippen molar-refractivity contribution in [3.63, 3.8) is 0 Å². The Kier molecular flexibility index (Phi) is 7.22. The molecule has 5 aromatic rings. The van der Waals surface area contributed by atoms with E-state index in [0.29, 0.717) is 32.0 Å². The molecular formula is C28H19ClN6O5S2. The highest BCUT2D eigenvalue weighted by Gasteiger charge is 2.49. The minimum absolute atomic E-state index is 0.146. The zero-order valence-corrected chi connectivity index (χ0v) is 24.1. The highest BCUT2D eigenvalue weighted by molar-refractivity contribution is 8.00. The topological polar surface area (TPSA) is 144 Å². The van der Waals surface area contributed by atoms with Crippen LogP contribution in [0.15, 0.2) is 82.8 Å². The van der Waals surface area contributed by atoms with Crippen molar-refractivity contribution >= 4 is 68.6 Å². The third kappa shape index (κ3) is 4.91. The summed E-state index contributed by atoms with van der Waals surface area (Å²) in [7, 11) is 0. The van der Waals surface area contributed by atoms with Gasteiger partial charge in [0, 0.05) is 29.1 Å². The zero-order chi connectivity index (χ0) is 29.5. The van der Waals surface area contributed by atoms with E-state index in [1.807, 2.05) is 12.1 Å². The van der Waals surface area contributed by atoms with E-state index >= 15 is 0 Å². The molecule has 0 radical (unpaired) electrons. The lowest BCUT2D eigenvalue weighted by molar-refractivity contribution is -0.384. The number of non-ortho nitro benzene ring substituents is 1. The number of hydrogen-bond donors (Lipinski definition) is 1. The third-order valence-corrected chi connectivity index (χ3v) is 9.05. The molecule has 4 heterocycles. The molecule has 0 spiro atoms. The van der Waals surface area contributed by atoms with Crippen molar-refractivity contribution in [3.8, 4) is 0 Å². The van der Waals surface area contributed by atoms with Gasteiger partial charge in [0.25, 0.3) is 11.5 Å². The van der Waals surface area contributed by atoms with Crippen LogP contribution in [0.4, 0.5) is 10.8 Å². The summed E-state index contributed by atoms with van der Waals surface area (Å²) < 4.78 is 2.18. The number of anilines is 1. The van der Waals surface area contributed by atoms with Crippen LogP contribution in [0.1, 0.15) is 28.6 Å². The van der Waals surface area contributed by atoms with E-state index < -0.39 is 28.4 Å². The molecule has 0 aliphatic carbocycles. The molecule has 1 aliphatic heterocycles. The van der Waals surface area contributed by atoms with Crippen LogP contribution in [-0.2, 0) is 15.3 Å². The molecule has 1 amide bonds. The number of fused-ring (bicyclic) bond motifs is 1. The number of hydrogen-bond acceptors (Lipinski definition) is 10. The summed E-state index contributed by atoms with van der Waals surface area (Å²) in [5, 5.41) is 32.1. The number of Topliss-reactive ketones (excluding diaryl/α,β-unsaturated/α-hetero) is 1. The molecule has 1 N–H and O–H groups in total. The number of carbonyl (C=O) groups is 2. The van der Waals surface area contributed by atoms with Crippen LogP contribution in [-0.4, -0.2) is 41.3 Å². The van der Waals surface area contributed by atoms with E-state index in [0.717, 1.165) is 16.9 Å². The second kappa shape index (κ2) is 11.0. The van der Waals surface area contributed by atoms with Gasteiger partial charge in [0.05, 0.1) is 22.2 Å². The summed E-state index contributed by atoms with van der Waals surface area (Å²) >= 11 is 8.49. The molecule has 3 aromatic heterocycles. The Hall–Kier alpha value is -4.59. The van der Waals surface area contributed by atoms with E-state index in [9.17, 15) is 24.8 Å². The van der Waals surface area contributed by atoms with Gasteiger partial charge >= 0.3 is 5.91 Å². The number of nitrogens with zero attached hydrogens (tertiary/aromatic N) is 6. The van der Waals surface area contributed by atoms with Gasteiger partial charge in [0.15, 0.2) is 10.1 Å². The average Bonchev–Trinajstić information content (AvgIpc) is 3.66. The molecule has 11 nitrogen and oxygen atoms in total. The Bertz CT molecular complexity index is 1900. The predicted octanol–water partition coefficient (Wildman–Crippen LogP) is 5.97. The molecule has 1 unspecified atom stereocenters. The molecule has 2 aromatic carbocycles. The number of rotatable bonds is 7. The first-order valence-corrected chi connectivity index (χ1v) is 14.6. The minimum atomic E-state index is -1.12. The molecule has 0 bridgehead atoms. The smallest absolute Gasteiger partial charge is 0.301 e. The Balaban J connectivity index is 1.44. The number of pyridine rings is 1. The summed E-state index contributed by atoms with van der Waals surface area (Å²) in [6.45, 7) is 1.69. The van der Waals surface area contributed by atoms with E-state index in [1.165, 1.54) is 40.9 Å². The number of aromatic nitrogens is 4. The van der Waals surface area contributed by atoms with Gasteiger partial charge < -0.3 is 5.11 Å². The highest BCUT2D eigenvalue weighted by Crippen LogP contribution is 2.44. The van der Waals surface area contributed by atoms with Crippen molar-refractivity contribution in [2.24, 2.45) is 0 Å². The van der Waals surface area contributed by atoms with E-state index in [-0.39, 0.29) is 22.1 Å². The van der Waals surface area contributed by atoms with Crippen LogP contribution in [0.2, 0.25) is 5.02 Å². The van der Waals surface area contributed by atoms with Crippen molar-refractivity contribution < 1.29 is 19.6 Å². The number of nitro groups is 1. The first kappa shape index (κ1) is 27.6. The maximum absolute atomic E-state index is 13.6. The maximum atomic E-state index is 13.6. The highest BCUT2D eigenvalue weighted by atomic mass is 35.5. The number of imidazole rings is 1. The van der Waals surface area contributed by atoms with Crippen LogP contribution < -0.4 is 4.90 Å². The van der Waals surface area contributed by atoms with Gasteiger partial charge in [0.2, 0.25) is 5.13 Å². The molecule has 1 atom stereocenters. The summed E-state index contributed by atoms with van der Waals surface area (Å²) in [6, 6.07) is 17.0. The molecule has 0 saturated carbocycles. The van der Waals surface area contributed by atoms with E-state index in [1.54, 1.807) is 47.9 Å². The molecule has 1 saturated heterocycles. The van der Waals surface area contributed by atoms with Gasteiger partial charge in [-0.1, -0.05) is 52.9 Å². The SMILES string of the molecule is Cc1nc2ccccn2c1/C(O)=C1\C(=O)C(=O)N(c2nnc(SCc3ccc(Cl)cc3)s2)C1c1ccc([N+](=O)[O-])cc1. The standard InChI is InChI=1S/C28H19ClN6O5S2/c1-15-22(33-13-3-2-4-20(33)30-15)24(36)21-23(17-7-11-19(12-8-17)35(39)40)34(26(38)25(21)37)27-31-32-28(42-27)41-14-16-5-9-18(29)10-6-16/h2-13,23,36H,14H2,1H3/b24-21+. The summed E-state index contributed by atoms with van der Waals surface area (Å²) in [6.07, 6.45) is 1.69. The number of amides is 1. The lowest BCUT2D eigenvalue weighted by Crippen LogP contribution is -2.29. The van der Waals surface area contributed by atoms with Gasteiger partial charge in [-0.3, -0.25) is 29.0 Å². The second-order valence-electron chi connectivity index (χ2n) is 9.26. The van der Waals surface area contributed by atoms with Crippen LogP contribution >= 0.6 is 34.7 Å². The zero-order valence-electron chi connectivity index (χ0n) is 21.7. The van der Waals surface area contributed by atoms with Crippen LogP contribution in [0.25, 0.3) is 11.4 Å². The van der Waals surface area contributed by atoms with Gasteiger partial charge in [-0.05, 0) is 54.4 Å². The molecule has 210 valence electrons. The number of aryl methyl sites for hydroxylation is 1. The fraction of sp³-hybridized carbons (Fsp3) is 0.107. The normalized spacial score (nSPS) is 16.4. The number of aliphatic hydroxyl groups excluding tert-OH is 1. The summed E-state index contributed by atoms with van der Waals surface area (Å²) in [5.41, 5.74) is 2.29. The van der Waals surface area contributed by atoms with Gasteiger partial charge in [-0.25, -0.2) is 4.98 Å². The van der Waals surface area contributed by atoms with Crippen LogP contribution in [0.5, 0.6) is 0 Å². The largest absolute Gasteiger partial charge is 0.505 e. The average molecular weight is 619 g/mol. The number of benzene rings is 2. The van der Waals surface area contributed by atoms with Crippen LogP contribution in [0, 0.1) is 17.0 Å². The Labute approximate surface area is 251 Å².